The molecular weight excluding hydrogens is 355 g/mol. The molecule has 3 N–H and O–H groups in total. The molecular formula is C13H11Cl3N2O2S. The van der Waals surface area contributed by atoms with E-state index in [0.29, 0.717) is 16.3 Å². The summed E-state index contributed by atoms with van der Waals surface area (Å²) in [7, 11) is -3.96. The molecule has 4 nitrogen and oxygen atoms in total. The molecule has 112 valence electrons. The minimum atomic E-state index is -3.96. The van der Waals surface area contributed by atoms with Gasteiger partial charge in [-0.05, 0) is 36.8 Å². The minimum Gasteiger partial charge on any atom is -0.399 e. The smallest absolute Gasteiger partial charge is 0.264 e. The van der Waals surface area contributed by atoms with Crippen molar-refractivity contribution < 1.29 is 8.42 Å². The third-order valence-electron chi connectivity index (χ3n) is 2.73. The van der Waals surface area contributed by atoms with Gasteiger partial charge in [0.1, 0.15) is 4.90 Å². The van der Waals surface area contributed by atoms with Gasteiger partial charge in [0.15, 0.2) is 0 Å². The van der Waals surface area contributed by atoms with Gasteiger partial charge in [0.05, 0.1) is 15.7 Å². The predicted molar refractivity (Wildman–Crippen MR) is 87.9 cm³/mol. The number of nitrogen functional groups attached to an aromatic ring is 1. The lowest BCUT2D eigenvalue weighted by atomic mass is 10.2. The Morgan fingerprint density at radius 1 is 1.05 bits per heavy atom. The molecule has 0 aliphatic rings. The van der Waals surface area contributed by atoms with Gasteiger partial charge in [-0.2, -0.15) is 0 Å². The normalized spacial score (nSPS) is 11.4. The zero-order valence-electron chi connectivity index (χ0n) is 10.8. The van der Waals surface area contributed by atoms with Crippen LogP contribution in [0.1, 0.15) is 5.56 Å². The first kappa shape index (κ1) is 16.2. The van der Waals surface area contributed by atoms with Crippen LogP contribution < -0.4 is 10.5 Å². The highest BCUT2D eigenvalue weighted by Crippen LogP contribution is 2.33. The van der Waals surface area contributed by atoms with Crippen LogP contribution in [0, 0.1) is 6.92 Å². The summed E-state index contributed by atoms with van der Waals surface area (Å²) in [6, 6.07) is 7.53. The molecule has 0 saturated carbocycles. The molecule has 0 spiro atoms. The van der Waals surface area contributed by atoms with Crippen LogP contribution in [0.4, 0.5) is 11.4 Å². The molecule has 0 heterocycles. The summed E-state index contributed by atoms with van der Waals surface area (Å²) in [5.74, 6) is 0. The molecule has 8 heteroatoms. The monoisotopic (exact) mass is 364 g/mol. The molecule has 0 saturated heterocycles. The number of sulfonamides is 1. The second-order valence-electron chi connectivity index (χ2n) is 4.38. The van der Waals surface area contributed by atoms with Crippen molar-refractivity contribution >= 4 is 56.2 Å². The molecule has 0 aliphatic heterocycles. The molecule has 0 fully saturated rings. The highest BCUT2D eigenvalue weighted by Gasteiger charge is 2.23. The first-order valence-electron chi connectivity index (χ1n) is 5.74. The maximum atomic E-state index is 12.5. The number of benzene rings is 2. The molecule has 0 unspecified atom stereocenters. The Bertz CT molecular complexity index is 784. The van der Waals surface area contributed by atoms with Gasteiger partial charge in [0.25, 0.3) is 10.0 Å². The van der Waals surface area contributed by atoms with E-state index in [2.05, 4.69) is 4.72 Å². The van der Waals surface area contributed by atoms with Gasteiger partial charge >= 0.3 is 0 Å². The number of hydrogen-bond donors (Lipinski definition) is 2. The van der Waals surface area contributed by atoms with Crippen molar-refractivity contribution in [1.29, 1.82) is 0 Å². The van der Waals surface area contributed by atoms with E-state index in [4.69, 9.17) is 40.5 Å². The van der Waals surface area contributed by atoms with Crippen molar-refractivity contribution in [3.63, 3.8) is 0 Å². The Hall–Kier alpha value is -1.14. The fourth-order valence-electron chi connectivity index (χ4n) is 1.74. The minimum absolute atomic E-state index is 0.0489. The lowest BCUT2D eigenvalue weighted by Crippen LogP contribution is -2.15. The average Bonchev–Trinajstić information content (AvgIpc) is 2.31. The number of anilines is 2. The maximum absolute atomic E-state index is 12.5. The lowest BCUT2D eigenvalue weighted by Gasteiger charge is -2.13. The van der Waals surface area contributed by atoms with Crippen LogP contribution in [0.3, 0.4) is 0 Å². The van der Waals surface area contributed by atoms with Crippen molar-refractivity contribution in [3.05, 3.63) is 51.0 Å². The summed E-state index contributed by atoms with van der Waals surface area (Å²) in [6.07, 6.45) is 0. The second-order valence-corrected chi connectivity index (χ2v) is 7.25. The van der Waals surface area contributed by atoms with Crippen LogP contribution in [0.25, 0.3) is 0 Å². The van der Waals surface area contributed by atoms with Gasteiger partial charge in [-0.15, -0.1) is 0 Å². The maximum Gasteiger partial charge on any atom is 0.264 e. The zero-order chi connectivity index (χ0) is 15.8. The number of nitrogens with two attached hydrogens (primary N) is 1. The Kier molecular flexibility index (Phi) is 4.58. The quantitative estimate of drug-likeness (QED) is 0.795. The molecule has 2 aromatic carbocycles. The standard InChI is InChI=1S/C13H11Cl3N2O2S/c1-7-2-3-8(14)4-12(7)18-21(19,20)13-10(15)5-9(17)6-11(13)16/h2-6,18H,17H2,1H3. The van der Waals surface area contributed by atoms with E-state index in [1.807, 2.05) is 0 Å². The van der Waals surface area contributed by atoms with Gasteiger partial charge in [-0.3, -0.25) is 4.72 Å². The summed E-state index contributed by atoms with van der Waals surface area (Å²) in [5, 5.41) is 0.312. The van der Waals surface area contributed by atoms with Crippen molar-refractivity contribution in [1.82, 2.24) is 0 Å². The number of halogens is 3. The van der Waals surface area contributed by atoms with E-state index in [9.17, 15) is 8.42 Å². The van der Waals surface area contributed by atoms with E-state index in [1.165, 1.54) is 18.2 Å². The molecule has 0 aromatic heterocycles. The number of hydrogen-bond acceptors (Lipinski definition) is 3. The van der Waals surface area contributed by atoms with E-state index in [1.54, 1.807) is 19.1 Å². The van der Waals surface area contributed by atoms with E-state index in [-0.39, 0.29) is 20.6 Å². The van der Waals surface area contributed by atoms with E-state index >= 15 is 0 Å². The highest BCUT2D eigenvalue weighted by atomic mass is 35.5. The fourth-order valence-corrected chi connectivity index (χ4v) is 4.26. The number of rotatable bonds is 3. The fraction of sp³-hybridized carbons (Fsp3) is 0.0769. The molecule has 2 rings (SSSR count). The van der Waals surface area contributed by atoms with Crippen molar-refractivity contribution in [3.8, 4) is 0 Å². The Morgan fingerprint density at radius 3 is 2.19 bits per heavy atom. The molecule has 0 aliphatic carbocycles. The summed E-state index contributed by atoms with van der Waals surface area (Å²) >= 11 is 17.8. The summed E-state index contributed by atoms with van der Waals surface area (Å²) in [6.45, 7) is 1.75. The van der Waals surface area contributed by atoms with Gasteiger partial charge in [0, 0.05) is 10.7 Å². The molecule has 0 bridgehead atoms. The van der Waals surface area contributed by atoms with Crippen LogP contribution in [-0.4, -0.2) is 8.42 Å². The van der Waals surface area contributed by atoms with Crippen molar-refractivity contribution in [2.24, 2.45) is 0 Å². The Balaban J connectivity index is 2.51. The molecule has 21 heavy (non-hydrogen) atoms. The van der Waals surface area contributed by atoms with Gasteiger partial charge in [0.2, 0.25) is 0 Å². The van der Waals surface area contributed by atoms with Crippen LogP contribution >= 0.6 is 34.8 Å². The van der Waals surface area contributed by atoms with Gasteiger partial charge in [-0.1, -0.05) is 40.9 Å². The lowest BCUT2D eigenvalue weighted by molar-refractivity contribution is 0.601. The number of nitrogens with one attached hydrogen (secondary N) is 1. The Morgan fingerprint density at radius 2 is 1.62 bits per heavy atom. The Labute approximate surface area is 137 Å². The van der Waals surface area contributed by atoms with Crippen LogP contribution in [-0.2, 0) is 10.0 Å². The number of aryl methyl sites for hydroxylation is 1. The molecule has 0 atom stereocenters. The predicted octanol–water partition coefficient (Wildman–Crippen LogP) is 4.34. The van der Waals surface area contributed by atoms with Gasteiger partial charge < -0.3 is 5.73 Å². The van der Waals surface area contributed by atoms with Crippen molar-refractivity contribution in [2.45, 2.75) is 11.8 Å². The zero-order valence-corrected chi connectivity index (χ0v) is 13.9. The van der Waals surface area contributed by atoms with Crippen molar-refractivity contribution in [2.75, 3.05) is 10.5 Å². The third kappa shape index (κ3) is 3.55. The molecule has 0 radical (unpaired) electrons. The van der Waals surface area contributed by atoms with Crippen LogP contribution in [0.2, 0.25) is 15.1 Å². The largest absolute Gasteiger partial charge is 0.399 e. The molecule has 2 aromatic rings. The summed E-state index contributed by atoms with van der Waals surface area (Å²) in [5.41, 5.74) is 6.91. The van der Waals surface area contributed by atoms with Crippen LogP contribution in [0.15, 0.2) is 35.2 Å². The topological polar surface area (TPSA) is 72.2 Å². The highest BCUT2D eigenvalue weighted by molar-refractivity contribution is 7.93. The summed E-state index contributed by atoms with van der Waals surface area (Å²) in [4.78, 5) is -0.223. The van der Waals surface area contributed by atoms with Gasteiger partial charge in [-0.25, -0.2) is 8.42 Å². The van der Waals surface area contributed by atoms with Crippen LogP contribution in [0.5, 0.6) is 0 Å². The van der Waals surface area contributed by atoms with E-state index < -0.39 is 10.0 Å². The second kappa shape index (κ2) is 5.93. The first-order valence-corrected chi connectivity index (χ1v) is 8.36. The summed E-state index contributed by atoms with van der Waals surface area (Å²) < 4.78 is 27.3. The third-order valence-corrected chi connectivity index (χ3v) is 5.25. The first-order chi connectivity index (χ1) is 9.70. The average molecular weight is 366 g/mol. The SMILES string of the molecule is Cc1ccc(Cl)cc1NS(=O)(=O)c1c(Cl)cc(N)cc1Cl. The van der Waals surface area contributed by atoms with E-state index in [0.717, 1.165) is 0 Å². The molecule has 0 amide bonds.